The minimum absolute atomic E-state index is 0.116. The number of anilines is 1. The molecule has 0 spiro atoms. The number of benzene rings is 2. The summed E-state index contributed by atoms with van der Waals surface area (Å²) in [6, 6.07) is 11.1. The van der Waals surface area contributed by atoms with Gasteiger partial charge < -0.3 is 14.6 Å². The first-order valence-electron chi connectivity index (χ1n) is 9.46. The van der Waals surface area contributed by atoms with E-state index >= 15 is 0 Å². The molecule has 1 aliphatic heterocycles. The average molecular weight is 449 g/mol. The molecular weight excluding hydrogens is 428 g/mol. The summed E-state index contributed by atoms with van der Waals surface area (Å²) in [6.07, 6.45) is 1.22. The van der Waals surface area contributed by atoms with E-state index in [-0.39, 0.29) is 17.3 Å². The Bertz CT molecular complexity index is 1190. The van der Waals surface area contributed by atoms with Crippen LogP contribution < -0.4 is 10.0 Å². The van der Waals surface area contributed by atoms with Crippen LogP contribution in [0.3, 0.4) is 0 Å². The number of hydrogen-bond acceptors (Lipinski definition) is 5. The van der Waals surface area contributed by atoms with Crippen LogP contribution in [0.5, 0.6) is 0 Å². The first kappa shape index (κ1) is 20.6. The van der Waals surface area contributed by atoms with Gasteiger partial charge in [0.15, 0.2) is 0 Å². The van der Waals surface area contributed by atoms with Crippen LogP contribution in [-0.2, 0) is 33.1 Å². The third-order valence-electron chi connectivity index (χ3n) is 4.99. The Morgan fingerprint density at radius 1 is 1.27 bits per heavy atom. The van der Waals surface area contributed by atoms with Crippen molar-refractivity contribution in [3.05, 3.63) is 53.3 Å². The number of aryl methyl sites for hydroxylation is 1. The molecule has 1 aromatic heterocycles. The quantitative estimate of drug-likeness (QED) is 0.603. The molecule has 3 aromatic rings. The van der Waals surface area contributed by atoms with Crippen LogP contribution in [0.4, 0.5) is 5.69 Å². The van der Waals surface area contributed by atoms with E-state index in [9.17, 15) is 13.2 Å². The van der Waals surface area contributed by atoms with Crippen LogP contribution in [-0.4, -0.2) is 36.6 Å². The van der Waals surface area contributed by atoms with Crippen molar-refractivity contribution in [1.29, 1.82) is 0 Å². The zero-order chi connectivity index (χ0) is 21.3. The zero-order valence-corrected chi connectivity index (χ0v) is 17.8. The molecular formula is C20H21ClN4O4S. The predicted octanol–water partition coefficient (Wildman–Crippen LogP) is 2.82. The second kappa shape index (κ2) is 8.25. The topological polar surface area (TPSA) is 102 Å². The second-order valence-electron chi connectivity index (χ2n) is 7.07. The van der Waals surface area contributed by atoms with Crippen molar-refractivity contribution in [1.82, 2.24) is 14.9 Å². The van der Waals surface area contributed by atoms with Crippen LogP contribution in [0.25, 0.3) is 11.0 Å². The van der Waals surface area contributed by atoms with Gasteiger partial charge in [-0.05, 0) is 55.3 Å². The summed E-state index contributed by atoms with van der Waals surface area (Å²) in [5, 5.41) is 3.31. The molecule has 10 heteroatoms. The summed E-state index contributed by atoms with van der Waals surface area (Å²) in [4.78, 5) is 16.8. The third-order valence-corrected chi connectivity index (χ3v) is 6.64. The zero-order valence-electron chi connectivity index (χ0n) is 16.3. The maximum absolute atomic E-state index is 12.6. The number of carbonyl (C=O) groups is 1. The van der Waals surface area contributed by atoms with E-state index in [0.717, 1.165) is 18.4 Å². The lowest BCUT2D eigenvalue weighted by Gasteiger charge is -2.10. The first-order valence-corrected chi connectivity index (χ1v) is 11.3. The molecule has 0 saturated carbocycles. The van der Waals surface area contributed by atoms with Crippen molar-refractivity contribution >= 4 is 44.3 Å². The van der Waals surface area contributed by atoms with E-state index in [1.165, 1.54) is 24.3 Å². The summed E-state index contributed by atoms with van der Waals surface area (Å²) in [5.41, 5.74) is 1.84. The third kappa shape index (κ3) is 4.28. The smallest absolute Gasteiger partial charge is 0.261 e. The Kier molecular flexibility index (Phi) is 5.68. The Balaban J connectivity index is 1.51. The van der Waals surface area contributed by atoms with Gasteiger partial charge in [0.2, 0.25) is 5.91 Å². The van der Waals surface area contributed by atoms with Crippen molar-refractivity contribution in [3.63, 3.8) is 0 Å². The summed E-state index contributed by atoms with van der Waals surface area (Å²) in [6.45, 7) is 0.870. The summed E-state index contributed by atoms with van der Waals surface area (Å²) >= 11 is 5.83. The molecule has 1 fully saturated rings. The highest BCUT2D eigenvalue weighted by Gasteiger charge is 2.23. The molecule has 1 saturated heterocycles. The second-order valence-corrected chi connectivity index (χ2v) is 9.19. The van der Waals surface area contributed by atoms with Crippen molar-refractivity contribution in [2.24, 2.45) is 7.05 Å². The van der Waals surface area contributed by atoms with Crippen LogP contribution >= 0.6 is 11.6 Å². The van der Waals surface area contributed by atoms with Gasteiger partial charge in [0.1, 0.15) is 11.9 Å². The van der Waals surface area contributed by atoms with Gasteiger partial charge in [-0.2, -0.15) is 0 Å². The summed E-state index contributed by atoms with van der Waals surface area (Å²) in [7, 11) is -1.90. The number of nitrogens with one attached hydrogen (secondary N) is 2. The van der Waals surface area contributed by atoms with Gasteiger partial charge in [-0.15, -0.1) is 0 Å². The lowest BCUT2D eigenvalue weighted by molar-refractivity contribution is -0.130. The Morgan fingerprint density at radius 2 is 2.03 bits per heavy atom. The molecule has 2 aromatic carbocycles. The highest BCUT2D eigenvalue weighted by molar-refractivity contribution is 7.92. The standard InChI is InChI=1S/C20H21ClN4O4S/c1-25-17-9-6-14(24-30(27,28)15-7-4-13(21)5-8-15)11-16(17)23-19(25)12-22-20(26)18-3-2-10-29-18/h4-9,11,18,24H,2-3,10,12H2,1H3,(H,22,26). The number of rotatable bonds is 6. The molecule has 1 atom stereocenters. The van der Waals surface area contributed by atoms with Gasteiger partial charge in [0.05, 0.1) is 28.2 Å². The number of amides is 1. The lowest BCUT2D eigenvalue weighted by Crippen LogP contribution is -2.34. The van der Waals surface area contributed by atoms with E-state index in [0.29, 0.717) is 28.7 Å². The number of aromatic nitrogens is 2. The minimum atomic E-state index is -3.75. The normalized spacial score (nSPS) is 16.7. The molecule has 2 heterocycles. The molecule has 1 aliphatic rings. The molecule has 0 bridgehead atoms. The largest absolute Gasteiger partial charge is 0.368 e. The van der Waals surface area contributed by atoms with Crippen molar-refractivity contribution < 1.29 is 17.9 Å². The van der Waals surface area contributed by atoms with Crippen LogP contribution in [0, 0.1) is 0 Å². The highest BCUT2D eigenvalue weighted by atomic mass is 35.5. The number of imidazole rings is 1. The van der Waals surface area contributed by atoms with E-state index in [1.807, 2.05) is 11.6 Å². The lowest BCUT2D eigenvalue weighted by atomic mass is 10.2. The van der Waals surface area contributed by atoms with Crippen molar-refractivity contribution in [3.8, 4) is 0 Å². The van der Waals surface area contributed by atoms with Crippen molar-refractivity contribution in [2.75, 3.05) is 11.3 Å². The maximum atomic E-state index is 12.6. The molecule has 0 aliphatic carbocycles. The fourth-order valence-electron chi connectivity index (χ4n) is 3.36. The van der Waals surface area contributed by atoms with E-state index in [4.69, 9.17) is 16.3 Å². The molecule has 158 valence electrons. The average Bonchev–Trinajstić information content (AvgIpc) is 3.35. The number of ether oxygens (including phenoxy) is 1. The Hall–Kier alpha value is -2.62. The van der Waals surface area contributed by atoms with E-state index < -0.39 is 16.1 Å². The summed E-state index contributed by atoms with van der Waals surface area (Å²) < 4.78 is 35.0. The van der Waals surface area contributed by atoms with Gasteiger partial charge >= 0.3 is 0 Å². The van der Waals surface area contributed by atoms with Gasteiger partial charge in [-0.3, -0.25) is 9.52 Å². The monoisotopic (exact) mass is 448 g/mol. The summed E-state index contributed by atoms with van der Waals surface area (Å²) in [5.74, 6) is 0.519. The number of carbonyl (C=O) groups excluding carboxylic acids is 1. The van der Waals surface area contributed by atoms with Gasteiger partial charge in [-0.1, -0.05) is 11.6 Å². The number of fused-ring (bicyclic) bond motifs is 1. The predicted molar refractivity (Wildman–Crippen MR) is 114 cm³/mol. The Labute approximate surface area is 179 Å². The molecule has 1 unspecified atom stereocenters. The fraction of sp³-hybridized carbons (Fsp3) is 0.300. The number of sulfonamides is 1. The van der Waals surface area contributed by atoms with Crippen LogP contribution in [0.2, 0.25) is 5.02 Å². The van der Waals surface area contributed by atoms with Crippen LogP contribution in [0.1, 0.15) is 18.7 Å². The van der Waals surface area contributed by atoms with Gasteiger partial charge in [0, 0.05) is 18.7 Å². The molecule has 1 amide bonds. The number of halogens is 1. The SMILES string of the molecule is Cn1c(CNC(=O)C2CCCO2)nc2cc(NS(=O)(=O)c3ccc(Cl)cc3)ccc21. The highest BCUT2D eigenvalue weighted by Crippen LogP contribution is 2.23. The molecule has 30 heavy (non-hydrogen) atoms. The molecule has 4 rings (SSSR count). The van der Waals surface area contributed by atoms with E-state index in [2.05, 4.69) is 15.0 Å². The number of hydrogen-bond donors (Lipinski definition) is 2. The minimum Gasteiger partial charge on any atom is -0.368 e. The van der Waals surface area contributed by atoms with Gasteiger partial charge in [0.25, 0.3) is 10.0 Å². The van der Waals surface area contributed by atoms with Crippen molar-refractivity contribution in [2.45, 2.75) is 30.4 Å². The molecule has 0 radical (unpaired) electrons. The number of nitrogens with zero attached hydrogens (tertiary/aromatic N) is 2. The van der Waals surface area contributed by atoms with Crippen LogP contribution in [0.15, 0.2) is 47.4 Å². The maximum Gasteiger partial charge on any atom is 0.261 e. The van der Waals surface area contributed by atoms with Gasteiger partial charge in [-0.25, -0.2) is 13.4 Å². The first-order chi connectivity index (χ1) is 14.3. The fourth-order valence-corrected chi connectivity index (χ4v) is 4.54. The molecule has 2 N–H and O–H groups in total. The van der Waals surface area contributed by atoms with E-state index in [1.54, 1.807) is 18.2 Å². The molecule has 8 nitrogen and oxygen atoms in total. The Morgan fingerprint density at radius 3 is 2.73 bits per heavy atom.